The maximum Gasteiger partial charge on any atom is 0.240 e. The fraction of sp³-hybridized carbons (Fsp3) is 0. The second kappa shape index (κ2) is 6.86. The SMILES string of the molecule is C1=COC=CO1.Nc1ccc(N=C=O)cc1. The van der Waals surface area contributed by atoms with Crippen LogP contribution in [0.2, 0.25) is 0 Å². The molecule has 0 unspecified atom stereocenters. The Morgan fingerprint density at radius 3 is 1.88 bits per heavy atom. The molecule has 1 aliphatic heterocycles. The number of anilines is 1. The monoisotopic (exact) mass is 218 g/mol. The topological polar surface area (TPSA) is 73.9 Å². The van der Waals surface area contributed by atoms with Crippen molar-refractivity contribution >= 4 is 17.5 Å². The molecule has 2 rings (SSSR count). The molecule has 0 fully saturated rings. The van der Waals surface area contributed by atoms with Gasteiger partial charge in [-0.3, -0.25) is 0 Å². The quantitative estimate of drug-likeness (QED) is 0.445. The van der Waals surface area contributed by atoms with E-state index >= 15 is 0 Å². The minimum absolute atomic E-state index is 0.573. The molecule has 0 atom stereocenters. The standard InChI is InChI=1S/C7H6N2O.C4H4O2/c8-6-1-3-7(4-2-6)9-5-10;1-2-6-4-3-5-1/h1-4H,8H2;1-4H. The fourth-order valence-electron chi connectivity index (χ4n) is 0.821. The van der Waals surface area contributed by atoms with Crippen molar-refractivity contribution in [3.05, 3.63) is 49.3 Å². The van der Waals surface area contributed by atoms with Gasteiger partial charge in [0.1, 0.15) is 25.0 Å². The predicted molar refractivity (Wildman–Crippen MR) is 59.1 cm³/mol. The minimum atomic E-state index is 0.573. The zero-order valence-corrected chi connectivity index (χ0v) is 8.37. The van der Waals surface area contributed by atoms with Gasteiger partial charge in [-0.15, -0.1) is 0 Å². The van der Waals surface area contributed by atoms with Crippen molar-refractivity contribution in [1.29, 1.82) is 0 Å². The number of hydrogen-bond donors (Lipinski definition) is 1. The summed E-state index contributed by atoms with van der Waals surface area (Å²) in [6.07, 6.45) is 7.27. The van der Waals surface area contributed by atoms with Gasteiger partial charge in [0.05, 0.1) is 5.69 Å². The van der Waals surface area contributed by atoms with Gasteiger partial charge in [0, 0.05) is 5.69 Å². The molecule has 16 heavy (non-hydrogen) atoms. The highest BCUT2D eigenvalue weighted by atomic mass is 16.5. The van der Waals surface area contributed by atoms with Crippen LogP contribution in [0.4, 0.5) is 11.4 Å². The summed E-state index contributed by atoms with van der Waals surface area (Å²) in [4.78, 5) is 13.1. The van der Waals surface area contributed by atoms with E-state index in [-0.39, 0.29) is 0 Å². The highest BCUT2D eigenvalue weighted by molar-refractivity contribution is 5.52. The Hall–Kier alpha value is -2.52. The number of isocyanates is 1. The first-order chi connectivity index (χ1) is 7.83. The lowest BCUT2D eigenvalue weighted by Gasteiger charge is -1.94. The molecule has 0 saturated heterocycles. The Morgan fingerprint density at radius 1 is 1.00 bits per heavy atom. The van der Waals surface area contributed by atoms with Crippen LogP contribution in [0.3, 0.4) is 0 Å². The van der Waals surface area contributed by atoms with Gasteiger partial charge in [0.2, 0.25) is 6.08 Å². The third-order valence-corrected chi connectivity index (χ3v) is 1.49. The number of ether oxygens (including phenoxy) is 2. The van der Waals surface area contributed by atoms with E-state index in [1.165, 1.54) is 31.1 Å². The number of nitrogens with two attached hydrogens (primary N) is 1. The van der Waals surface area contributed by atoms with Crippen LogP contribution in [0.25, 0.3) is 0 Å². The molecule has 5 heteroatoms. The van der Waals surface area contributed by atoms with Gasteiger partial charge < -0.3 is 15.2 Å². The van der Waals surface area contributed by atoms with Crippen LogP contribution in [0.5, 0.6) is 0 Å². The van der Waals surface area contributed by atoms with E-state index in [1.54, 1.807) is 24.3 Å². The van der Waals surface area contributed by atoms with E-state index in [2.05, 4.69) is 14.5 Å². The molecule has 0 spiro atoms. The number of benzene rings is 1. The average molecular weight is 218 g/mol. The van der Waals surface area contributed by atoms with Crippen molar-refractivity contribution < 1.29 is 14.3 Å². The molecule has 0 amide bonds. The van der Waals surface area contributed by atoms with Gasteiger partial charge in [0.15, 0.2) is 0 Å². The second-order valence-corrected chi connectivity index (χ2v) is 2.61. The lowest BCUT2D eigenvalue weighted by molar-refractivity contribution is 0.290. The number of carbonyl (C=O) groups excluding carboxylic acids is 1. The maximum absolute atomic E-state index is 9.74. The Morgan fingerprint density at radius 2 is 1.50 bits per heavy atom. The van der Waals surface area contributed by atoms with E-state index in [1.807, 2.05) is 0 Å². The molecule has 0 radical (unpaired) electrons. The zero-order chi connectivity index (χ0) is 11.6. The van der Waals surface area contributed by atoms with E-state index in [0.29, 0.717) is 11.4 Å². The van der Waals surface area contributed by atoms with Crippen LogP contribution in [0.1, 0.15) is 0 Å². The zero-order valence-electron chi connectivity index (χ0n) is 8.37. The molecule has 1 aromatic carbocycles. The molecule has 2 N–H and O–H groups in total. The van der Waals surface area contributed by atoms with Crippen LogP contribution < -0.4 is 5.73 Å². The molecule has 0 aromatic heterocycles. The highest BCUT2D eigenvalue weighted by Crippen LogP contribution is 2.12. The van der Waals surface area contributed by atoms with Gasteiger partial charge >= 0.3 is 0 Å². The smallest absolute Gasteiger partial charge is 0.240 e. The largest absolute Gasteiger partial charge is 0.466 e. The molecule has 1 heterocycles. The molecule has 0 saturated carbocycles. The van der Waals surface area contributed by atoms with Crippen LogP contribution in [0, 0.1) is 0 Å². The normalized spacial score (nSPS) is 11.2. The lowest BCUT2D eigenvalue weighted by atomic mass is 10.3. The van der Waals surface area contributed by atoms with Gasteiger partial charge in [-0.25, -0.2) is 4.79 Å². The van der Waals surface area contributed by atoms with E-state index in [9.17, 15) is 4.79 Å². The first kappa shape index (κ1) is 11.6. The number of rotatable bonds is 1. The van der Waals surface area contributed by atoms with Crippen LogP contribution >= 0.6 is 0 Å². The summed E-state index contributed by atoms with van der Waals surface area (Å²) in [7, 11) is 0. The van der Waals surface area contributed by atoms with Gasteiger partial charge in [0.25, 0.3) is 0 Å². The van der Waals surface area contributed by atoms with Crippen molar-refractivity contribution in [2.45, 2.75) is 0 Å². The van der Waals surface area contributed by atoms with Gasteiger partial charge in [-0.05, 0) is 24.3 Å². The number of aliphatic imine (C=N–C) groups is 1. The van der Waals surface area contributed by atoms with E-state index in [0.717, 1.165) is 0 Å². The predicted octanol–water partition coefficient (Wildman–Crippen LogP) is 2.21. The molecule has 1 aliphatic rings. The first-order valence-corrected chi connectivity index (χ1v) is 4.37. The summed E-state index contributed by atoms with van der Waals surface area (Å²) in [6, 6.07) is 6.66. The van der Waals surface area contributed by atoms with Crippen LogP contribution in [0.15, 0.2) is 54.3 Å². The molecular formula is C11H10N2O3. The molecule has 5 nitrogen and oxygen atoms in total. The molecular weight excluding hydrogens is 208 g/mol. The third-order valence-electron chi connectivity index (χ3n) is 1.49. The Kier molecular flexibility index (Phi) is 4.96. The summed E-state index contributed by atoms with van der Waals surface area (Å²) in [6.45, 7) is 0. The average Bonchev–Trinajstić information content (AvgIpc) is 2.35. The Bertz CT molecular complexity index is 397. The van der Waals surface area contributed by atoms with Crippen molar-refractivity contribution in [2.24, 2.45) is 4.99 Å². The van der Waals surface area contributed by atoms with Gasteiger partial charge in [-0.1, -0.05) is 0 Å². The van der Waals surface area contributed by atoms with Crippen molar-refractivity contribution in [2.75, 3.05) is 5.73 Å². The third kappa shape index (κ3) is 4.64. The number of hydrogen-bond acceptors (Lipinski definition) is 5. The summed E-state index contributed by atoms with van der Waals surface area (Å²) in [5, 5.41) is 0. The summed E-state index contributed by atoms with van der Waals surface area (Å²) >= 11 is 0. The van der Waals surface area contributed by atoms with Crippen molar-refractivity contribution in [1.82, 2.24) is 0 Å². The van der Waals surface area contributed by atoms with Crippen molar-refractivity contribution in [3.63, 3.8) is 0 Å². The van der Waals surface area contributed by atoms with E-state index in [4.69, 9.17) is 5.73 Å². The van der Waals surface area contributed by atoms with Crippen LogP contribution in [-0.2, 0) is 14.3 Å². The number of nitrogens with zero attached hydrogens (tertiary/aromatic N) is 1. The fourth-order valence-corrected chi connectivity index (χ4v) is 0.821. The molecule has 82 valence electrons. The molecule has 0 bridgehead atoms. The minimum Gasteiger partial charge on any atom is -0.466 e. The summed E-state index contributed by atoms with van der Waals surface area (Å²) in [5.41, 5.74) is 6.61. The van der Waals surface area contributed by atoms with Crippen molar-refractivity contribution in [3.8, 4) is 0 Å². The molecule has 1 aromatic rings. The summed E-state index contributed by atoms with van der Waals surface area (Å²) in [5.74, 6) is 0. The van der Waals surface area contributed by atoms with E-state index < -0.39 is 0 Å². The molecule has 0 aliphatic carbocycles. The van der Waals surface area contributed by atoms with Gasteiger partial charge in [-0.2, -0.15) is 4.99 Å². The first-order valence-electron chi connectivity index (χ1n) is 4.37. The second-order valence-electron chi connectivity index (χ2n) is 2.61. The summed E-state index contributed by atoms with van der Waals surface area (Å²) < 4.78 is 9.17. The Labute approximate surface area is 92.5 Å². The number of nitrogen functional groups attached to an aromatic ring is 1. The Balaban J connectivity index is 0.000000181. The highest BCUT2D eigenvalue weighted by Gasteiger charge is 1.85. The lowest BCUT2D eigenvalue weighted by Crippen LogP contribution is -1.80. The van der Waals surface area contributed by atoms with Crippen LogP contribution in [-0.4, -0.2) is 6.08 Å². The maximum atomic E-state index is 9.74.